The molecule has 1 aliphatic heterocycles. The van der Waals surface area contributed by atoms with Crippen LogP contribution in [0.4, 0.5) is 0 Å². The summed E-state index contributed by atoms with van der Waals surface area (Å²) in [7, 11) is 0. The molecule has 0 amide bonds. The standard InChI is InChI=1S/C15H26N2/c1-13-4-6-15(7-5-13)12-17-10-8-14-3-2-9-16-11-14/h4,6,14,16-17H,2-3,5,7-12H2,1H3. The van der Waals surface area contributed by atoms with Crippen LogP contribution in [0.5, 0.6) is 0 Å². The summed E-state index contributed by atoms with van der Waals surface area (Å²) < 4.78 is 0. The van der Waals surface area contributed by atoms with Crippen molar-refractivity contribution in [2.75, 3.05) is 26.2 Å². The van der Waals surface area contributed by atoms with Crippen LogP contribution in [0.1, 0.15) is 39.0 Å². The van der Waals surface area contributed by atoms with E-state index in [1.165, 1.54) is 57.3 Å². The van der Waals surface area contributed by atoms with Gasteiger partial charge in [-0.2, -0.15) is 0 Å². The molecule has 1 aliphatic carbocycles. The molecule has 0 saturated carbocycles. The minimum atomic E-state index is 0.902. The molecule has 1 saturated heterocycles. The molecule has 0 aromatic rings. The highest BCUT2D eigenvalue weighted by molar-refractivity contribution is 5.23. The monoisotopic (exact) mass is 234 g/mol. The quantitative estimate of drug-likeness (QED) is 0.715. The van der Waals surface area contributed by atoms with E-state index in [2.05, 4.69) is 29.7 Å². The van der Waals surface area contributed by atoms with Gasteiger partial charge in [0.1, 0.15) is 0 Å². The Hall–Kier alpha value is -0.600. The summed E-state index contributed by atoms with van der Waals surface area (Å²) in [5.74, 6) is 0.902. The first kappa shape index (κ1) is 12.8. The van der Waals surface area contributed by atoms with Crippen molar-refractivity contribution in [1.29, 1.82) is 0 Å². The van der Waals surface area contributed by atoms with Crippen molar-refractivity contribution in [2.45, 2.75) is 39.0 Å². The van der Waals surface area contributed by atoms with Gasteiger partial charge in [0.2, 0.25) is 0 Å². The lowest BCUT2D eigenvalue weighted by atomic mass is 9.96. The minimum Gasteiger partial charge on any atom is -0.316 e. The molecule has 0 spiro atoms. The third-order valence-electron chi connectivity index (χ3n) is 3.92. The van der Waals surface area contributed by atoms with Crippen molar-refractivity contribution in [3.63, 3.8) is 0 Å². The maximum atomic E-state index is 3.59. The molecule has 1 heterocycles. The predicted molar refractivity (Wildman–Crippen MR) is 74.2 cm³/mol. The minimum absolute atomic E-state index is 0.902. The van der Waals surface area contributed by atoms with Crippen molar-refractivity contribution in [3.8, 4) is 0 Å². The summed E-state index contributed by atoms with van der Waals surface area (Å²) in [5, 5.41) is 7.07. The topological polar surface area (TPSA) is 24.1 Å². The van der Waals surface area contributed by atoms with Crippen molar-refractivity contribution in [1.82, 2.24) is 10.6 Å². The van der Waals surface area contributed by atoms with E-state index in [0.717, 1.165) is 12.5 Å². The Labute approximate surface area is 106 Å². The van der Waals surface area contributed by atoms with Gasteiger partial charge < -0.3 is 10.6 Å². The number of rotatable bonds is 5. The molecule has 2 heteroatoms. The third kappa shape index (κ3) is 4.64. The van der Waals surface area contributed by atoms with Gasteiger partial charge in [0.15, 0.2) is 0 Å². The van der Waals surface area contributed by atoms with Crippen molar-refractivity contribution in [2.24, 2.45) is 5.92 Å². The number of nitrogens with one attached hydrogen (secondary N) is 2. The Morgan fingerprint density at radius 2 is 2.29 bits per heavy atom. The summed E-state index contributed by atoms with van der Waals surface area (Å²) in [6, 6.07) is 0. The first-order chi connectivity index (χ1) is 8.34. The van der Waals surface area contributed by atoms with Crippen molar-refractivity contribution >= 4 is 0 Å². The van der Waals surface area contributed by atoms with Gasteiger partial charge in [-0.3, -0.25) is 0 Å². The first-order valence-corrected chi connectivity index (χ1v) is 7.11. The highest BCUT2D eigenvalue weighted by Gasteiger charge is 2.12. The average molecular weight is 234 g/mol. The highest BCUT2D eigenvalue weighted by atomic mass is 14.9. The fraction of sp³-hybridized carbons (Fsp3) is 0.733. The molecule has 96 valence electrons. The maximum Gasteiger partial charge on any atom is 0.0167 e. The zero-order valence-corrected chi connectivity index (χ0v) is 11.1. The Morgan fingerprint density at radius 1 is 1.35 bits per heavy atom. The largest absolute Gasteiger partial charge is 0.316 e. The van der Waals surface area contributed by atoms with E-state index in [1.54, 1.807) is 5.57 Å². The van der Waals surface area contributed by atoms with E-state index in [9.17, 15) is 0 Å². The average Bonchev–Trinajstić information content (AvgIpc) is 2.38. The lowest BCUT2D eigenvalue weighted by Crippen LogP contribution is -2.32. The van der Waals surface area contributed by atoms with Crippen LogP contribution in [0.15, 0.2) is 23.3 Å². The number of hydrogen-bond acceptors (Lipinski definition) is 2. The number of allylic oxidation sites excluding steroid dienone is 3. The van der Waals surface area contributed by atoms with Crippen LogP contribution in [0, 0.1) is 5.92 Å². The van der Waals surface area contributed by atoms with Crippen LogP contribution >= 0.6 is 0 Å². The third-order valence-corrected chi connectivity index (χ3v) is 3.92. The van der Waals surface area contributed by atoms with Crippen LogP contribution < -0.4 is 10.6 Å². The van der Waals surface area contributed by atoms with E-state index in [1.807, 2.05) is 0 Å². The van der Waals surface area contributed by atoms with E-state index in [4.69, 9.17) is 0 Å². The molecular formula is C15H26N2. The fourth-order valence-electron chi connectivity index (χ4n) is 2.66. The van der Waals surface area contributed by atoms with E-state index < -0.39 is 0 Å². The van der Waals surface area contributed by atoms with Gasteiger partial charge in [-0.05, 0) is 64.6 Å². The SMILES string of the molecule is CC1=CC=C(CNCCC2CCCNC2)CC1. The second kappa shape index (κ2) is 6.97. The van der Waals surface area contributed by atoms with Gasteiger partial charge >= 0.3 is 0 Å². The second-order valence-corrected chi connectivity index (χ2v) is 5.52. The van der Waals surface area contributed by atoms with Gasteiger partial charge in [0.25, 0.3) is 0 Å². The smallest absolute Gasteiger partial charge is 0.0167 e. The molecule has 2 rings (SSSR count). The molecule has 0 bridgehead atoms. The fourth-order valence-corrected chi connectivity index (χ4v) is 2.66. The lowest BCUT2D eigenvalue weighted by molar-refractivity contribution is 0.353. The number of piperidine rings is 1. The zero-order chi connectivity index (χ0) is 11.9. The first-order valence-electron chi connectivity index (χ1n) is 7.11. The molecule has 0 aromatic heterocycles. The molecule has 2 aliphatic rings. The summed E-state index contributed by atoms with van der Waals surface area (Å²) >= 11 is 0. The predicted octanol–water partition coefficient (Wildman–Crippen LogP) is 2.63. The van der Waals surface area contributed by atoms with Crippen LogP contribution in [-0.4, -0.2) is 26.2 Å². The highest BCUT2D eigenvalue weighted by Crippen LogP contribution is 2.17. The summed E-state index contributed by atoms with van der Waals surface area (Å²) in [5.41, 5.74) is 3.08. The molecule has 1 fully saturated rings. The summed E-state index contributed by atoms with van der Waals surface area (Å²) in [6.45, 7) is 6.93. The Kier molecular flexibility index (Phi) is 5.27. The van der Waals surface area contributed by atoms with Gasteiger partial charge in [0.05, 0.1) is 0 Å². The Bertz CT molecular complexity index is 285. The molecule has 0 radical (unpaired) electrons. The molecule has 0 aromatic carbocycles. The molecule has 2 N–H and O–H groups in total. The van der Waals surface area contributed by atoms with E-state index >= 15 is 0 Å². The van der Waals surface area contributed by atoms with Crippen LogP contribution in [0.3, 0.4) is 0 Å². The van der Waals surface area contributed by atoms with Crippen molar-refractivity contribution < 1.29 is 0 Å². The molecule has 2 nitrogen and oxygen atoms in total. The molecule has 1 atom stereocenters. The van der Waals surface area contributed by atoms with Gasteiger partial charge in [-0.15, -0.1) is 0 Å². The van der Waals surface area contributed by atoms with Gasteiger partial charge in [0, 0.05) is 6.54 Å². The second-order valence-electron chi connectivity index (χ2n) is 5.52. The van der Waals surface area contributed by atoms with Crippen LogP contribution in [-0.2, 0) is 0 Å². The maximum absolute atomic E-state index is 3.59. The van der Waals surface area contributed by atoms with Crippen molar-refractivity contribution in [3.05, 3.63) is 23.3 Å². The molecular weight excluding hydrogens is 208 g/mol. The Morgan fingerprint density at radius 3 is 3.00 bits per heavy atom. The number of hydrogen-bond donors (Lipinski definition) is 2. The lowest BCUT2D eigenvalue weighted by Gasteiger charge is -2.23. The van der Waals surface area contributed by atoms with Gasteiger partial charge in [-0.1, -0.05) is 23.3 Å². The Balaban J connectivity index is 1.57. The summed E-state index contributed by atoms with van der Waals surface area (Å²) in [4.78, 5) is 0. The summed E-state index contributed by atoms with van der Waals surface area (Å²) in [6.07, 6.45) is 11.2. The zero-order valence-electron chi connectivity index (χ0n) is 11.1. The normalized spacial score (nSPS) is 25.4. The van der Waals surface area contributed by atoms with E-state index in [0.29, 0.717) is 0 Å². The van der Waals surface area contributed by atoms with E-state index in [-0.39, 0.29) is 0 Å². The molecule has 17 heavy (non-hydrogen) atoms. The van der Waals surface area contributed by atoms with Crippen LogP contribution in [0.25, 0.3) is 0 Å². The van der Waals surface area contributed by atoms with Crippen LogP contribution in [0.2, 0.25) is 0 Å². The van der Waals surface area contributed by atoms with Gasteiger partial charge in [-0.25, -0.2) is 0 Å². The molecule has 1 unspecified atom stereocenters.